The molecule has 0 unspecified atom stereocenters. The fourth-order valence-electron chi connectivity index (χ4n) is 9.58. The molecule has 0 saturated carbocycles. The second-order valence-electron chi connectivity index (χ2n) is 15.3. The third-order valence-corrected chi connectivity index (χ3v) is 12.2. The first-order chi connectivity index (χ1) is 26.0. The lowest BCUT2D eigenvalue weighted by Gasteiger charge is -2.21. The van der Waals surface area contributed by atoms with Crippen LogP contribution in [0.1, 0.15) is 25.0 Å². The average Bonchev–Trinajstić information content (AvgIpc) is 3.81. The molecule has 2 nitrogen and oxygen atoms in total. The zero-order valence-corrected chi connectivity index (χ0v) is 29.4. The molecule has 0 N–H and O–H groups in total. The predicted octanol–water partition coefficient (Wildman–Crippen LogP) is 14.1. The molecule has 2 aromatic heterocycles. The maximum absolute atomic E-state index is 6.40. The second-order valence-corrected chi connectivity index (χ2v) is 15.3. The van der Waals surface area contributed by atoms with Crippen LogP contribution >= 0.6 is 0 Å². The predicted molar refractivity (Wildman–Crippen MR) is 224 cm³/mol. The van der Waals surface area contributed by atoms with Crippen molar-refractivity contribution in [2.24, 2.45) is 0 Å². The zero-order valence-electron chi connectivity index (χ0n) is 29.4. The highest BCUT2D eigenvalue weighted by molar-refractivity contribution is 6.25. The highest BCUT2D eigenvalue weighted by Crippen LogP contribution is 2.53. The van der Waals surface area contributed by atoms with Gasteiger partial charge in [0.1, 0.15) is 11.2 Å². The van der Waals surface area contributed by atoms with E-state index in [4.69, 9.17) is 4.42 Å². The van der Waals surface area contributed by atoms with E-state index in [2.05, 4.69) is 176 Å². The van der Waals surface area contributed by atoms with Crippen molar-refractivity contribution in [3.05, 3.63) is 175 Å². The fraction of sp³-hybridized carbons (Fsp3) is 0.0588. The summed E-state index contributed by atoms with van der Waals surface area (Å²) in [7, 11) is 0. The van der Waals surface area contributed by atoms with Gasteiger partial charge in [0.05, 0.1) is 11.0 Å². The average molecular weight is 676 g/mol. The summed E-state index contributed by atoms with van der Waals surface area (Å²) < 4.78 is 8.84. The van der Waals surface area contributed by atoms with Crippen molar-refractivity contribution in [2.75, 3.05) is 0 Å². The normalized spacial score (nSPS) is 13.6. The first kappa shape index (κ1) is 29.0. The van der Waals surface area contributed by atoms with E-state index in [1.807, 2.05) is 6.07 Å². The quantitative estimate of drug-likeness (QED) is 0.167. The van der Waals surface area contributed by atoms with Crippen molar-refractivity contribution >= 4 is 76.1 Å². The molecule has 0 aliphatic heterocycles. The fourth-order valence-corrected chi connectivity index (χ4v) is 9.58. The van der Waals surface area contributed by atoms with Crippen LogP contribution in [-0.2, 0) is 5.41 Å². The van der Waals surface area contributed by atoms with Gasteiger partial charge in [-0.15, -0.1) is 0 Å². The summed E-state index contributed by atoms with van der Waals surface area (Å²) in [5.74, 6) is 0. The van der Waals surface area contributed by atoms with E-state index in [1.54, 1.807) is 0 Å². The molecule has 12 rings (SSSR count). The molecule has 0 amide bonds. The van der Waals surface area contributed by atoms with Crippen LogP contribution in [0.5, 0.6) is 0 Å². The van der Waals surface area contributed by atoms with E-state index in [1.165, 1.54) is 98.3 Å². The first-order valence-corrected chi connectivity index (χ1v) is 18.5. The smallest absolute Gasteiger partial charge is 0.136 e. The van der Waals surface area contributed by atoms with Gasteiger partial charge in [-0.3, -0.25) is 0 Å². The largest absolute Gasteiger partial charge is 0.456 e. The Hall–Kier alpha value is -6.64. The molecule has 0 atom stereocenters. The molecular formula is C51H33NO. The third kappa shape index (κ3) is 3.87. The lowest BCUT2D eigenvalue weighted by Crippen LogP contribution is -2.14. The molecule has 2 heteroatoms. The number of benzene rings is 9. The van der Waals surface area contributed by atoms with Gasteiger partial charge in [-0.1, -0.05) is 123 Å². The molecule has 0 radical (unpaired) electrons. The van der Waals surface area contributed by atoms with Crippen molar-refractivity contribution in [2.45, 2.75) is 19.3 Å². The van der Waals surface area contributed by atoms with Crippen LogP contribution in [0, 0.1) is 0 Å². The van der Waals surface area contributed by atoms with Crippen LogP contribution in [0.4, 0.5) is 0 Å². The van der Waals surface area contributed by atoms with Crippen molar-refractivity contribution in [1.82, 2.24) is 4.57 Å². The number of rotatable bonds is 2. The maximum Gasteiger partial charge on any atom is 0.136 e. The zero-order chi connectivity index (χ0) is 35.0. The highest BCUT2D eigenvalue weighted by atomic mass is 16.3. The molecule has 0 bridgehead atoms. The van der Waals surface area contributed by atoms with Crippen LogP contribution in [0.15, 0.2) is 168 Å². The molecule has 0 fully saturated rings. The van der Waals surface area contributed by atoms with Gasteiger partial charge in [-0.25, -0.2) is 0 Å². The van der Waals surface area contributed by atoms with E-state index in [0.29, 0.717) is 0 Å². The van der Waals surface area contributed by atoms with Gasteiger partial charge >= 0.3 is 0 Å². The van der Waals surface area contributed by atoms with Crippen LogP contribution in [0.2, 0.25) is 0 Å². The summed E-state index contributed by atoms with van der Waals surface area (Å²) in [4.78, 5) is 0. The van der Waals surface area contributed by atoms with E-state index in [9.17, 15) is 0 Å². The highest BCUT2D eigenvalue weighted by Gasteiger charge is 2.37. The molecule has 11 aromatic rings. The molecule has 53 heavy (non-hydrogen) atoms. The van der Waals surface area contributed by atoms with Gasteiger partial charge < -0.3 is 8.98 Å². The molecule has 2 heterocycles. The lowest BCUT2D eigenvalue weighted by atomic mass is 9.81. The summed E-state index contributed by atoms with van der Waals surface area (Å²) in [6, 6.07) is 60.4. The summed E-state index contributed by atoms with van der Waals surface area (Å²) in [6.07, 6.45) is 0. The van der Waals surface area contributed by atoms with Gasteiger partial charge in [0.2, 0.25) is 0 Å². The Morgan fingerprint density at radius 3 is 1.64 bits per heavy atom. The SMILES string of the molecule is CC1(C)c2cc3c(cc2-c2cc4c(cc21)c1ccccc1n4-c1ccc(-c2ccc4c5ccccc5c5ccccc5c4c2)cc1)oc1ccccc13. The molecule has 0 spiro atoms. The standard InChI is InChI=1S/C51H33NO/c1-51(2)45-26-43-38-15-7-9-17-47(38)52(48(43)28-41(45)42-29-50-44(27-46(42)51)39-16-8-10-18-49(39)53-50)32-22-19-30(20-23-32)31-21-24-37-35-13-4-3-11-33(35)34-12-5-6-14-36(34)40(37)25-31/h3-29H,1-2H3. The number of fused-ring (bicyclic) bond motifs is 15. The first-order valence-electron chi connectivity index (χ1n) is 18.5. The number of furan rings is 1. The van der Waals surface area contributed by atoms with Crippen molar-refractivity contribution in [3.63, 3.8) is 0 Å². The van der Waals surface area contributed by atoms with Crippen molar-refractivity contribution in [1.29, 1.82) is 0 Å². The minimum Gasteiger partial charge on any atom is -0.456 e. The van der Waals surface area contributed by atoms with Crippen LogP contribution in [0.3, 0.4) is 0 Å². The maximum atomic E-state index is 6.40. The summed E-state index contributed by atoms with van der Waals surface area (Å²) >= 11 is 0. The Labute approximate surface area is 306 Å². The van der Waals surface area contributed by atoms with E-state index in [0.717, 1.165) is 16.9 Å². The van der Waals surface area contributed by atoms with Crippen LogP contribution in [0.25, 0.3) is 104 Å². The van der Waals surface area contributed by atoms with Gasteiger partial charge in [0.15, 0.2) is 0 Å². The van der Waals surface area contributed by atoms with E-state index in [-0.39, 0.29) is 5.41 Å². The monoisotopic (exact) mass is 675 g/mol. The topological polar surface area (TPSA) is 18.1 Å². The number of hydrogen-bond donors (Lipinski definition) is 0. The Morgan fingerprint density at radius 1 is 0.377 bits per heavy atom. The van der Waals surface area contributed by atoms with Crippen LogP contribution in [-0.4, -0.2) is 4.57 Å². The molecule has 1 aliphatic carbocycles. The van der Waals surface area contributed by atoms with Gasteiger partial charge in [0.25, 0.3) is 0 Å². The van der Waals surface area contributed by atoms with E-state index >= 15 is 0 Å². The minimum atomic E-state index is -0.145. The van der Waals surface area contributed by atoms with Gasteiger partial charge in [-0.2, -0.15) is 0 Å². The molecule has 248 valence electrons. The summed E-state index contributed by atoms with van der Waals surface area (Å²) in [6.45, 7) is 4.74. The second kappa shape index (κ2) is 10.2. The van der Waals surface area contributed by atoms with Crippen molar-refractivity contribution in [3.8, 4) is 27.9 Å². The minimum absolute atomic E-state index is 0.145. The molecule has 9 aromatic carbocycles. The number of hydrogen-bond acceptors (Lipinski definition) is 1. The number of nitrogens with zero attached hydrogens (tertiary/aromatic N) is 1. The summed E-state index contributed by atoms with van der Waals surface area (Å²) in [5.41, 5.74) is 13.0. The van der Waals surface area contributed by atoms with Crippen LogP contribution < -0.4 is 0 Å². The Kier molecular flexibility index (Phi) is 5.60. The summed E-state index contributed by atoms with van der Waals surface area (Å²) in [5, 5.41) is 12.7. The molecule has 1 aliphatic rings. The number of aromatic nitrogens is 1. The lowest BCUT2D eigenvalue weighted by molar-refractivity contribution is 0.658. The van der Waals surface area contributed by atoms with Gasteiger partial charge in [0, 0.05) is 32.6 Å². The Morgan fingerprint density at radius 2 is 0.925 bits per heavy atom. The molecular weight excluding hydrogens is 643 g/mol. The molecule has 0 saturated heterocycles. The third-order valence-electron chi connectivity index (χ3n) is 12.2. The number of para-hydroxylation sites is 2. The van der Waals surface area contributed by atoms with Gasteiger partial charge in [-0.05, 0) is 120 Å². The Balaban J connectivity index is 1.03. The Bertz CT molecular complexity index is 3320. The van der Waals surface area contributed by atoms with E-state index < -0.39 is 0 Å². The van der Waals surface area contributed by atoms with Crippen molar-refractivity contribution < 1.29 is 4.42 Å².